The summed E-state index contributed by atoms with van der Waals surface area (Å²) in [5.74, 6) is 0.925. The average Bonchev–Trinajstić information content (AvgIpc) is 2.39. The van der Waals surface area contributed by atoms with E-state index in [1.54, 1.807) is 0 Å². The molecule has 2 rings (SSSR count). The van der Waals surface area contributed by atoms with E-state index in [0.717, 1.165) is 18.9 Å². The van der Waals surface area contributed by atoms with Crippen molar-refractivity contribution in [2.45, 2.75) is 25.3 Å². The molecule has 2 heterocycles. The maximum absolute atomic E-state index is 8.99. The molecular formula is C11H18N4O. The molecule has 0 radical (unpaired) electrons. The van der Waals surface area contributed by atoms with Gasteiger partial charge in [-0.3, -0.25) is 0 Å². The van der Waals surface area contributed by atoms with E-state index in [-0.39, 0.29) is 6.61 Å². The lowest BCUT2D eigenvalue weighted by Crippen LogP contribution is -2.30. The Morgan fingerprint density at radius 3 is 2.75 bits per heavy atom. The van der Waals surface area contributed by atoms with Crippen molar-refractivity contribution in [2.75, 3.05) is 24.6 Å². The van der Waals surface area contributed by atoms with Crippen molar-refractivity contribution in [2.24, 2.45) is 5.73 Å². The van der Waals surface area contributed by atoms with E-state index in [9.17, 15) is 0 Å². The molecule has 1 unspecified atom stereocenters. The Morgan fingerprint density at radius 2 is 2.06 bits per heavy atom. The van der Waals surface area contributed by atoms with Gasteiger partial charge in [0.25, 0.3) is 0 Å². The smallest absolute Gasteiger partial charge is 0.132 e. The van der Waals surface area contributed by atoms with Crippen LogP contribution in [0.3, 0.4) is 0 Å². The first-order chi connectivity index (χ1) is 7.81. The van der Waals surface area contributed by atoms with Crippen LogP contribution in [0.5, 0.6) is 0 Å². The van der Waals surface area contributed by atoms with Crippen molar-refractivity contribution in [3.05, 3.63) is 18.1 Å². The molecule has 1 atom stereocenters. The van der Waals surface area contributed by atoms with E-state index in [0.29, 0.717) is 5.69 Å². The monoisotopic (exact) mass is 222 g/mol. The number of aliphatic hydroxyl groups excluding tert-OH is 1. The topological polar surface area (TPSA) is 75.3 Å². The van der Waals surface area contributed by atoms with E-state index < -0.39 is 6.04 Å². The lowest BCUT2D eigenvalue weighted by Gasteiger charge is -2.27. The van der Waals surface area contributed by atoms with Gasteiger partial charge in [0, 0.05) is 19.2 Å². The summed E-state index contributed by atoms with van der Waals surface area (Å²) in [6, 6.07) is 1.47. The molecule has 1 fully saturated rings. The fraction of sp³-hybridized carbons (Fsp3) is 0.636. The van der Waals surface area contributed by atoms with Crippen LogP contribution >= 0.6 is 0 Å². The number of piperidine rings is 1. The Hall–Kier alpha value is -1.20. The molecule has 5 heteroatoms. The number of nitrogens with zero attached hydrogens (tertiary/aromatic N) is 3. The van der Waals surface area contributed by atoms with Gasteiger partial charge >= 0.3 is 0 Å². The summed E-state index contributed by atoms with van der Waals surface area (Å²) < 4.78 is 0. The molecular weight excluding hydrogens is 204 g/mol. The van der Waals surface area contributed by atoms with Crippen LogP contribution in [0, 0.1) is 0 Å². The quantitative estimate of drug-likeness (QED) is 0.777. The molecule has 3 N–H and O–H groups in total. The standard InChI is InChI=1S/C11H18N4O/c12-9(7-16)10-6-11(14-8-13-10)15-4-2-1-3-5-15/h6,8-9,16H,1-5,7,12H2. The first kappa shape index (κ1) is 11.3. The van der Waals surface area contributed by atoms with Gasteiger partial charge < -0.3 is 15.7 Å². The van der Waals surface area contributed by atoms with Gasteiger partial charge in [0.2, 0.25) is 0 Å². The highest BCUT2D eigenvalue weighted by Crippen LogP contribution is 2.19. The van der Waals surface area contributed by atoms with Gasteiger partial charge in [-0.15, -0.1) is 0 Å². The number of hydrogen-bond acceptors (Lipinski definition) is 5. The van der Waals surface area contributed by atoms with E-state index in [1.165, 1.54) is 25.6 Å². The minimum absolute atomic E-state index is 0.0869. The van der Waals surface area contributed by atoms with Gasteiger partial charge in [0.1, 0.15) is 12.1 Å². The van der Waals surface area contributed by atoms with E-state index in [2.05, 4.69) is 14.9 Å². The minimum atomic E-state index is -0.411. The third-order valence-electron chi connectivity index (χ3n) is 2.93. The van der Waals surface area contributed by atoms with Gasteiger partial charge in [-0.25, -0.2) is 9.97 Å². The van der Waals surface area contributed by atoms with Crippen LogP contribution in [0.4, 0.5) is 5.82 Å². The van der Waals surface area contributed by atoms with E-state index in [1.807, 2.05) is 6.07 Å². The zero-order valence-electron chi connectivity index (χ0n) is 9.34. The van der Waals surface area contributed by atoms with E-state index >= 15 is 0 Å². The number of aliphatic hydroxyl groups is 1. The molecule has 0 bridgehead atoms. The Morgan fingerprint density at radius 1 is 1.31 bits per heavy atom. The van der Waals surface area contributed by atoms with Crippen molar-refractivity contribution < 1.29 is 5.11 Å². The van der Waals surface area contributed by atoms with Crippen LogP contribution in [0.2, 0.25) is 0 Å². The molecule has 16 heavy (non-hydrogen) atoms. The predicted octanol–water partition coefficient (Wildman–Crippen LogP) is 0.459. The van der Waals surface area contributed by atoms with Crippen LogP contribution in [-0.2, 0) is 0 Å². The third-order valence-corrected chi connectivity index (χ3v) is 2.93. The number of hydrogen-bond donors (Lipinski definition) is 2. The zero-order valence-corrected chi connectivity index (χ0v) is 9.34. The molecule has 0 saturated carbocycles. The van der Waals surface area contributed by atoms with Gasteiger partial charge in [-0.2, -0.15) is 0 Å². The summed E-state index contributed by atoms with van der Waals surface area (Å²) in [5.41, 5.74) is 6.44. The molecule has 0 aromatic carbocycles. The molecule has 1 aliphatic rings. The van der Waals surface area contributed by atoms with Gasteiger partial charge in [0.15, 0.2) is 0 Å². The summed E-state index contributed by atoms with van der Waals surface area (Å²) in [6.07, 6.45) is 5.25. The molecule has 0 spiro atoms. The second-order valence-corrected chi connectivity index (χ2v) is 4.14. The summed E-state index contributed by atoms with van der Waals surface area (Å²) in [7, 11) is 0. The third kappa shape index (κ3) is 2.48. The molecule has 0 aliphatic carbocycles. The first-order valence-corrected chi connectivity index (χ1v) is 5.74. The van der Waals surface area contributed by atoms with Crippen molar-refractivity contribution in [1.29, 1.82) is 0 Å². The molecule has 1 saturated heterocycles. The Balaban J connectivity index is 2.14. The average molecular weight is 222 g/mol. The van der Waals surface area contributed by atoms with Crippen molar-refractivity contribution >= 4 is 5.82 Å². The van der Waals surface area contributed by atoms with Gasteiger partial charge in [-0.05, 0) is 19.3 Å². The van der Waals surface area contributed by atoms with Gasteiger partial charge in [-0.1, -0.05) is 0 Å². The maximum atomic E-state index is 8.99. The minimum Gasteiger partial charge on any atom is -0.394 e. The normalized spacial score (nSPS) is 18.5. The largest absolute Gasteiger partial charge is 0.394 e. The van der Waals surface area contributed by atoms with Crippen LogP contribution in [0.15, 0.2) is 12.4 Å². The maximum Gasteiger partial charge on any atom is 0.132 e. The second-order valence-electron chi connectivity index (χ2n) is 4.14. The highest BCUT2D eigenvalue weighted by molar-refractivity contribution is 5.39. The highest BCUT2D eigenvalue weighted by atomic mass is 16.3. The highest BCUT2D eigenvalue weighted by Gasteiger charge is 2.14. The fourth-order valence-electron chi connectivity index (χ4n) is 1.95. The van der Waals surface area contributed by atoms with Crippen molar-refractivity contribution in [1.82, 2.24) is 9.97 Å². The van der Waals surface area contributed by atoms with Crippen molar-refractivity contribution in [3.63, 3.8) is 0 Å². The van der Waals surface area contributed by atoms with Crippen LogP contribution in [0.1, 0.15) is 31.0 Å². The van der Waals surface area contributed by atoms with E-state index in [4.69, 9.17) is 10.8 Å². The second kappa shape index (κ2) is 5.23. The summed E-state index contributed by atoms with van der Waals surface area (Å²) in [5, 5.41) is 8.99. The van der Waals surface area contributed by atoms with Gasteiger partial charge in [0.05, 0.1) is 18.3 Å². The van der Waals surface area contributed by atoms with Crippen LogP contribution in [0.25, 0.3) is 0 Å². The number of aromatic nitrogens is 2. The summed E-state index contributed by atoms with van der Waals surface area (Å²) in [4.78, 5) is 10.6. The lowest BCUT2D eigenvalue weighted by atomic mass is 10.1. The fourth-order valence-corrected chi connectivity index (χ4v) is 1.95. The molecule has 0 amide bonds. The number of rotatable bonds is 3. The predicted molar refractivity (Wildman–Crippen MR) is 62.1 cm³/mol. The Kier molecular flexibility index (Phi) is 3.69. The Labute approximate surface area is 95.3 Å². The first-order valence-electron chi connectivity index (χ1n) is 5.74. The lowest BCUT2D eigenvalue weighted by molar-refractivity contribution is 0.266. The number of anilines is 1. The summed E-state index contributed by atoms with van der Waals surface area (Å²) >= 11 is 0. The molecule has 5 nitrogen and oxygen atoms in total. The SMILES string of the molecule is NC(CO)c1cc(N2CCCCC2)ncn1. The Bertz CT molecular complexity index is 339. The molecule has 88 valence electrons. The molecule has 1 aromatic rings. The van der Waals surface area contributed by atoms with Crippen molar-refractivity contribution in [3.8, 4) is 0 Å². The summed E-state index contributed by atoms with van der Waals surface area (Å²) in [6.45, 7) is 2.01. The van der Waals surface area contributed by atoms with Crippen LogP contribution < -0.4 is 10.6 Å². The zero-order chi connectivity index (χ0) is 11.4. The molecule has 1 aliphatic heterocycles. The number of nitrogens with two attached hydrogens (primary N) is 1. The molecule has 1 aromatic heterocycles. The van der Waals surface area contributed by atoms with Crippen LogP contribution in [-0.4, -0.2) is 34.8 Å².